The summed E-state index contributed by atoms with van der Waals surface area (Å²) in [5, 5.41) is 7.63. The summed E-state index contributed by atoms with van der Waals surface area (Å²) in [6.07, 6.45) is 3.12. The number of para-hydroxylation sites is 1. The molecule has 232 valence electrons. The van der Waals surface area contributed by atoms with E-state index in [1.54, 1.807) is 19.1 Å². The molecule has 0 radical (unpaired) electrons. The highest BCUT2D eigenvalue weighted by Crippen LogP contribution is 2.50. The van der Waals surface area contributed by atoms with E-state index >= 15 is 0 Å². The normalized spacial score (nSPS) is 21.8. The molecule has 1 unspecified atom stereocenters. The van der Waals surface area contributed by atoms with Crippen molar-refractivity contribution in [2.75, 3.05) is 19.7 Å². The molecule has 2 aromatic heterocycles. The van der Waals surface area contributed by atoms with Gasteiger partial charge in [-0.15, -0.1) is 0 Å². The van der Waals surface area contributed by atoms with Gasteiger partial charge in [-0.3, -0.25) is 9.69 Å². The number of nitrogens with zero attached hydrogens (tertiary/aromatic N) is 4. The first-order valence-corrected chi connectivity index (χ1v) is 16.4. The summed E-state index contributed by atoms with van der Waals surface area (Å²) in [6, 6.07) is 16.6. The Labute approximate surface area is 267 Å². The molecule has 8 rings (SSSR count). The molecule has 3 aliphatic heterocycles. The first-order valence-electron chi connectivity index (χ1n) is 15.2. The Balaban J connectivity index is 1.00. The minimum Gasteiger partial charge on any atom is -0.444 e. The summed E-state index contributed by atoms with van der Waals surface area (Å²) >= 11 is 7.08. The van der Waals surface area contributed by atoms with Crippen LogP contribution in [0.2, 0.25) is 5.02 Å². The topological polar surface area (TPSA) is 94.5 Å². The van der Waals surface area contributed by atoms with Crippen LogP contribution in [-0.4, -0.2) is 50.4 Å². The van der Waals surface area contributed by atoms with Crippen molar-refractivity contribution >= 4 is 34.0 Å². The van der Waals surface area contributed by atoms with E-state index < -0.39 is 11.6 Å². The molecular weight excluding hydrogens is 617 g/mol. The molecule has 0 aliphatic carbocycles. The van der Waals surface area contributed by atoms with Crippen LogP contribution in [0.15, 0.2) is 59.4 Å². The lowest BCUT2D eigenvalue weighted by Gasteiger charge is -2.33. The maximum Gasteiger partial charge on any atom is 0.322 e. The van der Waals surface area contributed by atoms with Gasteiger partial charge in [0, 0.05) is 29.7 Å². The van der Waals surface area contributed by atoms with Crippen LogP contribution in [0, 0.1) is 5.82 Å². The molecule has 1 N–H and O–H groups in total. The molecule has 0 saturated carbocycles. The van der Waals surface area contributed by atoms with Crippen molar-refractivity contribution in [3.05, 3.63) is 92.1 Å². The van der Waals surface area contributed by atoms with Crippen LogP contribution >= 0.6 is 22.9 Å². The molecular formula is C33H31ClFN5O4S. The lowest BCUT2D eigenvalue weighted by atomic mass is 9.88. The van der Waals surface area contributed by atoms with E-state index in [4.69, 9.17) is 30.8 Å². The maximum atomic E-state index is 14.9. The second kappa shape index (κ2) is 11.2. The molecule has 9 nitrogen and oxygen atoms in total. The number of aromatic amines is 1. The predicted octanol–water partition coefficient (Wildman–Crippen LogP) is 6.45. The number of imidazole rings is 1. The van der Waals surface area contributed by atoms with Crippen LogP contribution in [0.3, 0.4) is 0 Å². The number of nitrogens with one attached hydrogen (secondary N) is 1. The summed E-state index contributed by atoms with van der Waals surface area (Å²) < 4.78 is 35.5. The van der Waals surface area contributed by atoms with Gasteiger partial charge >= 0.3 is 4.87 Å². The van der Waals surface area contributed by atoms with Gasteiger partial charge in [-0.25, -0.2) is 14.5 Å². The summed E-state index contributed by atoms with van der Waals surface area (Å²) in [6.45, 7) is 5.82. The molecule has 3 aromatic carbocycles. The Morgan fingerprint density at radius 1 is 1.11 bits per heavy atom. The summed E-state index contributed by atoms with van der Waals surface area (Å²) in [4.78, 5) is 19.0. The summed E-state index contributed by atoms with van der Waals surface area (Å²) in [5.41, 5.74) is 4.22. The average molecular weight is 648 g/mol. The molecule has 0 amide bonds. The number of piperidine rings is 1. The minimum atomic E-state index is -1.27. The Morgan fingerprint density at radius 3 is 2.69 bits per heavy atom. The fourth-order valence-electron chi connectivity index (χ4n) is 6.66. The second-order valence-corrected chi connectivity index (χ2v) is 13.4. The highest BCUT2D eigenvalue weighted by atomic mass is 35.5. The van der Waals surface area contributed by atoms with Gasteiger partial charge in [0.2, 0.25) is 0 Å². The number of likely N-dealkylation sites (tertiary alicyclic amines) is 1. The standard InChI is InChI=1S/C33H31ClFN5O4S/c1-33(24-7-6-21(34)16-25(24)35)43-28-4-2-3-23(30(28)44-33)19-9-12-39(13-10-19)18-29-36-26-15-20(31-37-38-32(41)45-31)5-8-27(26)40(29)17-22-11-14-42-22/h2-8,15-16,19,22H,9-14,17-18H2,1H3,(H,38,41)/t22-,33?/m0/s1. The van der Waals surface area contributed by atoms with E-state index in [-0.39, 0.29) is 16.9 Å². The second-order valence-electron chi connectivity index (χ2n) is 12.0. The van der Waals surface area contributed by atoms with Gasteiger partial charge in [-0.1, -0.05) is 35.1 Å². The third-order valence-electron chi connectivity index (χ3n) is 9.12. The van der Waals surface area contributed by atoms with E-state index in [0.29, 0.717) is 27.1 Å². The highest BCUT2D eigenvalue weighted by Gasteiger charge is 2.43. The largest absolute Gasteiger partial charge is 0.444 e. The lowest BCUT2D eigenvalue weighted by molar-refractivity contribution is -0.0712. The molecule has 2 atom stereocenters. The van der Waals surface area contributed by atoms with Crippen molar-refractivity contribution in [3.63, 3.8) is 0 Å². The Bertz CT molecular complexity index is 1960. The molecule has 0 spiro atoms. The van der Waals surface area contributed by atoms with Crippen LogP contribution in [-0.2, 0) is 23.6 Å². The quantitative estimate of drug-likeness (QED) is 0.217. The maximum absolute atomic E-state index is 14.9. The zero-order chi connectivity index (χ0) is 30.7. The summed E-state index contributed by atoms with van der Waals surface area (Å²) in [5.74, 6) is 0.865. The average Bonchev–Trinajstić information content (AvgIpc) is 3.69. The van der Waals surface area contributed by atoms with Gasteiger partial charge in [0.15, 0.2) is 11.5 Å². The Kier molecular flexibility index (Phi) is 7.16. The van der Waals surface area contributed by atoms with Crippen molar-refractivity contribution in [3.8, 4) is 22.1 Å². The third kappa shape index (κ3) is 5.31. The highest BCUT2D eigenvalue weighted by molar-refractivity contribution is 7.12. The van der Waals surface area contributed by atoms with E-state index in [2.05, 4.69) is 31.8 Å². The van der Waals surface area contributed by atoms with Crippen LogP contribution < -0.4 is 14.3 Å². The monoisotopic (exact) mass is 647 g/mol. The number of halogens is 2. The van der Waals surface area contributed by atoms with Crippen LogP contribution in [0.1, 0.15) is 49.1 Å². The Morgan fingerprint density at radius 2 is 1.96 bits per heavy atom. The Hall–Kier alpha value is -3.77. The molecule has 0 bridgehead atoms. The van der Waals surface area contributed by atoms with Crippen molar-refractivity contribution in [2.45, 2.75) is 57.1 Å². The zero-order valence-electron chi connectivity index (χ0n) is 24.6. The lowest BCUT2D eigenvalue weighted by Crippen LogP contribution is -2.35. The van der Waals surface area contributed by atoms with Gasteiger partial charge in [0.1, 0.15) is 16.6 Å². The smallest absolute Gasteiger partial charge is 0.322 e. The number of aromatic nitrogens is 4. The van der Waals surface area contributed by atoms with Gasteiger partial charge in [0.05, 0.1) is 35.8 Å². The molecule has 2 fully saturated rings. The van der Waals surface area contributed by atoms with Crippen molar-refractivity contribution < 1.29 is 18.6 Å². The van der Waals surface area contributed by atoms with Crippen LogP contribution in [0.25, 0.3) is 21.6 Å². The predicted molar refractivity (Wildman–Crippen MR) is 170 cm³/mol. The first kappa shape index (κ1) is 28.7. The molecule has 2 saturated heterocycles. The van der Waals surface area contributed by atoms with E-state index in [9.17, 15) is 9.18 Å². The third-order valence-corrected chi connectivity index (χ3v) is 10.1. The molecule has 3 aliphatic rings. The van der Waals surface area contributed by atoms with Crippen molar-refractivity contribution in [2.24, 2.45) is 0 Å². The van der Waals surface area contributed by atoms with Crippen LogP contribution in [0.4, 0.5) is 4.39 Å². The molecule has 5 heterocycles. The van der Waals surface area contributed by atoms with Gasteiger partial charge in [-0.2, -0.15) is 5.10 Å². The van der Waals surface area contributed by atoms with Gasteiger partial charge in [0.25, 0.3) is 5.79 Å². The number of ether oxygens (including phenoxy) is 3. The number of fused-ring (bicyclic) bond motifs is 2. The SMILES string of the molecule is CC1(c2ccc(Cl)cc2F)Oc2cccc(C3CCN(Cc4nc5cc(-c6n[nH]c(=O)s6)ccc5n4C[C@@H]4CCO4)CC3)c2O1. The number of hydrogen-bond acceptors (Lipinski definition) is 8. The molecule has 12 heteroatoms. The zero-order valence-corrected chi connectivity index (χ0v) is 26.2. The van der Waals surface area contributed by atoms with Crippen LogP contribution in [0.5, 0.6) is 11.5 Å². The molecule has 5 aromatic rings. The van der Waals surface area contributed by atoms with E-state index in [1.165, 1.54) is 6.07 Å². The van der Waals surface area contributed by atoms with Gasteiger partial charge < -0.3 is 18.8 Å². The first-order chi connectivity index (χ1) is 21.8. The number of H-pyrrole nitrogens is 1. The number of hydrogen-bond donors (Lipinski definition) is 1. The molecule has 45 heavy (non-hydrogen) atoms. The van der Waals surface area contributed by atoms with E-state index in [1.807, 2.05) is 24.3 Å². The van der Waals surface area contributed by atoms with Crippen molar-refractivity contribution in [1.29, 1.82) is 0 Å². The van der Waals surface area contributed by atoms with Crippen molar-refractivity contribution in [1.82, 2.24) is 24.6 Å². The summed E-state index contributed by atoms with van der Waals surface area (Å²) in [7, 11) is 0. The number of rotatable bonds is 7. The fraction of sp³-hybridized carbons (Fsp3) is 0.364. The minimum absolute atomic E-state index is 0.175. The number of benzene rings is 3. The van der Waals surface area contributed by atoms with E-state index in [0.717, 1.165) is 91.4 Å². The fourth-order valence-corrected chi connectivity index (χ4v) is 7.42. The van der Waals surface area contributed by atoms with Gasteiger partial charge in [-0.05, 0) is 80.7 Å².